The van der Waals surface area contributed by atoms with Crippen molar-refractivity contribution in [2.24, 2.45) is 5.92 Å². The van der Waals surface area contributed by atoms with Crippen molar-refractivity contribution in [1.29, 1.82) is 0 Å². The number of rotatable bonds is 8. The minimum Gasteiger partial charge on any atom is -0.468 e. The summed E-state index contributed by atoms with van der Waals surface area (Å²) in [5.74, 6) is -0.171. The number of hydrogen-bond donors (Lipinski definition) is 1. The standard InChI is InChI=1S/C17H28NO5P/c1-13(2)15(16(19)21-6)18-24(20,12-22-17(3,4)5)23-14-10-8-7-9-11-14/h7-11,13,15H,12H2,1-6H3,(H,18,20). The molecule has 0 heterocycles. The molecular formula is C17H28NO5P. The average Bonchev–Trinajstić information content (AvgIpc) is 2.50. The minimum atomic E-state index is -3.49. The van der Waals surface area contributed by atoms with E-state index in [2.05, 4.69) is 5.09 Å². The van der Waals surface area contributed by atoms with Gasteiger partial charge in [0.05, 0.1) is 12.7 Å². The number of carbonyl (C=O) groups is 1. The van der Waals surface area contributed by atoms with Crippen LogP contribution in [0.3, 0.4) is 0 Å². The third kappa shape index (κ3) is 7.04. The molecule has 7 heteroatoms. The Kier molecular flexibility index (Phi) is 7.46. The van der Waals surface area contributed by atoms with Crippen LogP contribution < -0.4 is 9.61 Å². The fourth-order valence-electron chi connectivity index (χ4n) is 1.83. The van der Waals surface area contributed by atoms with E-state index in [1.54, 1.807) is 24.3 Å². The molecule has 0 radical (unpaired) electrons. The second-order valence-corrected chi connectivity index (χ2v) is 8.88. The Labute approximate surface area is 144 Å². The summed E-state index contributed by atoms with van der Waals surface area (Å²) >= 11 is 0. The molecule has 0 saturated heterocycles. The molecule has 0 fully saturated rings. The van der Waals surface area contributed by atoms with Crippen LogP contribution in [-0.2, 0) is 18.8 Å². The fraction of sp³-hybridized carbons (Fsp3) is 0.588. The summed E-state index contributed by atoms with van der Waals surface area (Å²) in [7, 11) is -2.19. The maximum atomic E-state index is 13.3. The molecule has 0 spiro atoms. The quantitative estimate of drug-likeness (QED) is 0.563. The van der Waals surface area contributed by atoms with E-state index in [0.29, 0.717) is 5.75 Å². The van der Waals surface area contributed by atoms with E-state index >= 15 is 0 Å². The van der Waals surface area contributed by atoms with Crippen LogP contribution in [0.1, 0.15) is 34.6 Å². The number of nitrogens with one attached hydrogen (secondary N) is 1. The molecule has 1 aromatic rings. The molecule has 0 aliphatic heterocycles. The van der Waals surface area contributed by atoms with E-state index in [1.165, 1.54) is 7.11 Å². The predicted molar refractivity (Wildman–Crippen MR) is 94.2 cm³/mol. The molecule has 1 rings (SSSR count). The molecule has 0 saturated carbocycles. The van der Waals surface area contributed by atoms with Crippen molar-refractivity contribution in [3.05, 3.63) is 30.3 Å². The maximum Gasteiger partial charge on any atom is 0.342 e. The lowest BCUT2D eigenvalue weighted by Crippen LogP contribution is -2.41. The third-order valence-corrected chi connectivity index (χ3v) is 4.77. The highest BCUT2D eigenvalue weighted by Gasteiger charge is 2.35. The Balaban J connectivity index is 3.02. The first kappa shape index (κ1) is 20.7. The van der Waals surface area contributed by atoms with Gasteiger partial charge in [-0.15, -0.1) is 0 Å². The SMILES string of the molecule is COC(=O)C(NP(=O)(COC(C)(C)C)Oc1ccccc1)C(C)C. The van der Waals surface area contributed by atoms with Gasteiger partial charge >= 0.3 is 13.5 Å². The first-order valence-corrected chi connectivity index (χ1v) is 9.70. The molecule has 0 bridgehead atoms. The predicted octanol–water partition coefficient (Wildman–Crippen LogP) is 3.82. The Morgan fingerprint density at radius 1 is 1.21 bits per heavy atom. The number of hydrogen-bond acceptors (Lipinski definition) is 5. The van der Waals surface area contributed by atoms with Crippen molar-refractivity contribution in [1.82, 2.24) is 5.09 Å². The van der Waals surface area contributed by atoms with Crippen LogP contribution in [0.5, 0.6) is 5.75 Å². The second kappa shape index (κ2) is 8.65. The highest BCUT2D eigenvalue weighted by Crippen LogP contribution is 2.45. The largest absolute Gasteiger partial charge is 0.468 e. The number of carbonyl (C=O) groups excluding carboxylic acids is 1. The van der Waals surface area contributed by atoms with Crippen LogP contribution >= 0.6 is 7.52 Å². The van der Waals surface area contributed by atoms with E-state index < -0.39 is 25.1 Å². The van der Waals surface area contributed by atoms with Gasteiger partial charge in [0, 0.05) is 0 Å². The lowest BCUT2D eigenvalue weighted by molar-refractivity contribution is -0.143. The van der Waals surface area contributed by atoms with Gasteiger partial charge in [-0.05, 0) is 38.8 Å². The second-order valence-electron chi connectivity index (χ2n) is 6.84. The number of esters is 1. The van der Waals surface area contributed by atoms with Crippen molar-refractivity contribution >= 4 is 13.5 Å². The zero-order valence-electron chi connectivity index (χ0n) is 15.2. The summed E-state index contributed by atoms with van der Waals surface area (Å²) in [6, 6.07) is 8.05. The minimum absolute atomic E-state index is 0.125. The molecule has 1 aromatic carbocycles. The lowest BCUT2D eigenvalue weighted by atomic mass is 10.1. The van der Waals surface area contributed by atoms with Gasteiger partial charge in [-0.1, -0.05) is 32.0 Å². The zero-order chi connectivity index (χ0) is 18.4. The molecular weight excluding hydrogens is 329 g/mol. The monoisotopic (exact) mass is 357 g/mol. The van der Waals surface area contributed by atoms with Crippen LogP contribution in [0.4, 0.5) is 0 Å². The summed E-state index contributed by atoms with van der Waals surface area (Å²) in [5, 5.41) is 2.84. The number of ether oxygens (including phenoxy) is 2. The van der Waals surface area contributed by atoms with Gasteiger partial charge in [0.15, 0.2) is 0 Å². The van der Waals surface area contributed by atoms with E-state index in [0.717, 1.165) is 0 Å². The van der Waals surface area contributed by atoms with E-state index in [4.69, 9.17) is 14.0 Å². The highest BCUT2D eigenvalue weighted by atomic mass is 31.2. The zero-order valence-corrected chi connectivity index (χ0v) is 16.1. The Hall–Kier alpha value is -1.36. The highest BCUT2D eigenvalue weighted by molar-refractivity contribution is 7.57. The maximum absolute atomic E-state index is 13.3. The summed E-state index contributed by atoms with van der Waals surface area (Å²) in [6.45, 7) is 9.26. The molecule has 136 valence electrons. The Morgan fingerprint density at radius 2 is 1.79 bits per heavy atom. The molecule has 6 nitrogen and oxygen atoms in total. The van der Waals surface area contributed by atoms with Crippen molar-refractivity contribution in [2.45, 2.75) is 46.3 Å². The van der Waals surface area contributed by atoms with Crippen molar-refractivity contribution in [2.75, 3.05) is 13.5 Å². The van der Waals surface area contributed by atoms with Gasteiger partial charge in [-0.25, -0.2) is 5.09 Å². The number of para-hydroxylation sites is 1. The Morgan fingerprint density at radius 3 is 2.25 bits per heavy atom. The summed E-state index contributed by atoms with van der Waals surface area (Å²) in [4.78, 5) is 12.0. The van der Waals surface area contributed by atoms with Crippen molar-refractivity contribution in [3.63, 3.8) is 0 Å². The van der Waals surface area contributed by atoms with Crippen molar-refractivity contribution < 1.29 is 23.4 Å². The van der Waals surface area contributed by atoms with Crippen LogP contribution in [-0.4, -0.2) is 31.1 Å². The molecule has 24 heavy (non-hydrogen) atoms. The van der Waals surface area contributed by atoms with Crippen LogP contribution in [0.15, 0.2) is 30.3 Å². The van der Waals surface area contributed by atoms with Crippen LogP contribution in [0.25, 0.3) is 0 Å². The first-order chi connectivity index (χ1) is 11.1. The van der Waals surface area contributed by atoms with Gasteiger partial charge in [0.1, 0.15) is 18.1 Å². The summed E-state index contributed by atoms with van der Waals surface area (Å²) < 4.78 is 29.4. The smallest absolute Gasteiger partial charge is 0.342 e. The van der Waals surface area contributed by atoms with Gasteiger partial charge in [0.25, 0.3) is 0 Å². The van der Waals surface area contributed by atoms with Gasteiger partial charge in [0.2, 0.25) is 0 Å². The van der Waals surface area contributed by atoms with Gasteiger partial charge < -0.3 is 14.0 Å². The average molecular weight is 357 g/mol. The first-order valence-electron chi connectivity index (χ1n) is 7.89. The third-order valence-electron chi connectivity index (χ3n) is 3.12. The molecule has 2 unspecified atom stereocenters. The molecule has 1 N–H and O–H groups in total. The molecule has 0 amide bonds. The summed E-state index contributed by atoms with van der Waals surface area (Å²) in [6.07, 6.45) is -0.161. The van der Waals surface area contributed by atoms with Gasteiger partial charge in [-0.2, -0.15) is 0 Å². The molecule has 0 aliphatic carbocycles. The van der Waals surface area contributed by atoms with Crippen LogP contribution in [0, 0.1) is 5.92 Å². The molecule has 0 aromatic heterocycles. The van der Waals surface area contributed by atoms with Gasteiger partial charge in [-0.3, -0.25) is 9.36 Å². The lowest BCUT2D eigenvalue weighted by Gasteiger charge is -2.29. The summed E-state index contributed by atoms with van der Waals surface area (Å²) in [5.41, 5.74) is -0.490. The number of benzene rings is 1. The van der Waals surface area contributed by atoms with E-state index in [9.17, 15) is 9.36 Å². The Bertz CT molecular complexity index is 568. The van der Waals surface area contributed by atoms with Crippen LogP contribution in [0.2, 0.25) is 0 Å². The number of methoxy groups -OCH3 is 1. The normalized spacial score (nSPS) is 15.6. The fourth-order valence-corrected chi connectivity index (χ4v) is 3.86. The molecule has 2 atom stereocenters. The topological polar surface area (TPSA) is 73.9 Å². The van der Waals surface area contributed by atoms with E-state index in [1.807, 2.05) is 40.7 Å². The van der Waals surface area contributed by atoms with E-state index in [-0.39, 0.29) is 12.3 Å². The van der Waals surface area contributed by atoms with Crippen molar-refractivity contribution in [3.8, 4) is 5.75 Å². The molecule has 0 aliphatic rings.